The zero-order valence-electron chi connectivity index (χ0n) is 9.56. The third kappa shape index (κ3) is 3.56. The Morgan fingerprint density at radius 1 is 1.11 bits per heavy atom. The zero-order valence-corrected chi connectivity index (χ0v) is 9.56. The van der Waals surface area contributed by atoms with Crippen molar-refractivity contribution in [1.82, 2.24) is 0 Å². The molecule has 0 spiro atoms. The molecule has 0 saturated carbocycles. The molecule has 1 N–H and O–H groups in total. The summed E-state index contributed by atoms with van der Waals surface area (Å²) in [6, 6.07) is 15.8. The van der Waals surface area contributed by atoms with Gasteiger partial charge in [0.25, 0.3) is 0 Å². The summed E-state index contributed by atoms with van der Waals surface area (Å²) in [7, 11) is 0. The molecule has 0 aromatic heterocycles. The lowest BCUT2D eigenvalue weighted by Gasteiger charge is -2.01. The number of benzene rings is 2. The molecule has 0 aliphatic heterocycles. The molecule has 2 aromatic carbocycles. The van der Waals surface area contributed by atoms with E-state index >= 15 is 0 Å². The summed E-state index contributed by atoms with van der Waals surface area (Å²) >= 11 is 0. The molecular formula is C15H11FNO. The topological polar surface area (TPSA) is 29.1 Å². The van der Waals surface area contributed by atoms with Crippen molar-refractivity contribution in [2.24, 2.45) is 0 Å². The number of anilines is 1. The highest BCUT2D eigenvalue weighted by molar-refractivity contribution is 6.01. The van der Waals surface area contributed by atoms with Gasteiger partial charge in [0.05, 0.1) is 0 Å². The average Bonchev–Trinajstić information content (AvgIpc) is 2.40. The maximum absolute atomic E-state index is 12.7. The van der Waals surface area contributed by atoms with Gasteiger partial charge in [0.2, 0.25) is 5.91 Å². The van der Waals surface area contributed by atoms with Crippen LogP contribution in [0.2, 0.25) is 0 Å². The molecule has 0 heterocycles. The van der Waals surface area contributed by atoms with E-state index in [9.17, 15) is 9.18 Å². The predicted octanol–water partition coefficient (Wildman–Crippen LogP) is 3.28. The van der Waals surface area contributed by atoms with E-state index in [0.29, 0.717) is 5.69 Å². The number of hydrogen-bond donors (Lipinski definition) is 1. The molecule has 1 amide bonds. The average molecular weight is 240 g/mol. The first kappa shape index (κ1) is 12.0. The van der Waals surface area contributed by atoms with Crippen LogP contribution in [-0.2, 0) is 4.79 Å². The second-order valence-electron chi connectivity index (χ2n) is 3.66. The van der Waals surface area contributed by atoms with Crippen LogP contribution in [-0.4, -0.2) is 5.91 Å². The summed E-state index contributed by atoms with van der Waals surface area (Å²) < 4.78 is 12.7. The van der Waals surface area contributed by atoms with Crippen LogP contribution in [0.3, 0.4) is 0 Å². The van der Waals surface area contributed by atoms with Crippen molar-refractivity contribution in [3.05, 3.63) is 72.1 Å². The maximum atomic E-state index is 12.7. The van der Waals surface area contributed by atoms with Crippen molar-refractivity contribution in [2.75, 3.05) is 5.32 Å². The van der Waals surface area contributed by atoms with Crippen molar-refractivity contribution in [1.29, 1.82) is 0 Å². The number of carbonyl (C=O) groups is 1. The van der Waals surface area contributed by atoms with E-state index in [1.807, 2.05) is 12.1 Å². The van der Waals surface area contributed by atoms with Crippen LogP contribution in [0.1, 0.15) is 5.56 Å². The summed E-state index contributed by atoms with van der Waals surface area (Å²) in [6.45, 7) is 0. The molecule has 0 saturated heterocycles. The monoisotopic (exact) mass is 240 g/mol. The Hall–Kier alpha value is -2.42. The third-order valence-electron chi connectivity index (χ3n) is 2.28. The molecule has 1 radical (unpaired) electrons. The summed E-state index contributed by atoms with van der Waals surface area (Å²) in [5, 5.41) is 2.64. The fourth-order valence-electron chi connectivity index (χ4n) is 1.40. The fraction of sp³-hybridized carbons (Fsp3) is 0. The van der Waals surface area contributed by atoms with Crippen LogP contribution < -0.4 is 5.32 Å². The molecule has 0 bridgehead atoms. The molecule has 0 unspecified atom stereocenters. The van der Waals surface area contributed by atoms with E-state index in [1.54, 1.807) is 18.2 Å². The van der Waals surface area contributed by atoms with Gasteiger partial charge in [0.15, 0.2) is 0 Å². The minimum absolute atomic E-state index is 0.255. The highest BCUT2D eigenvalue weighted by Crippen LogP contribution is 2.08. The van der Waals surface area contributed by atoms with Gasteiger partial charge < -0.3 is 5.32 Å². The van der Waals surface area contributed by atoms with E-state index in [0.717, 1.165) is 5.56 Å². The second kappa shape index (κ2) is 5.77. The van der Waals surface area contributed by atoms with Crippen LogP contribution in [0.25, 0.3) is 6.08 Å². The lowest BCUT2D eigenvalue weighted by Crippen LogP contribution is -2.07. The fourth-order valence-corrected chi connectivity index (χ4v) is 1.40. The highest BCUT2D eigenvalue weighted by atomic mass is 19.1. The van der Waals surface area contributed by atoms with E-state index in [1.165, 1.54) is 30.3 Å². The number of carbonyl (C=O) groups excluding carboxylic acids is 1. The molecule has 2 rings (SSSR count). The number of amides is 1. The van der Waals surface area contributed by atoms with Crippen LogP contribution in [0.5, 0.6) is 0 Å². The number of rotatable bonds is 3. The largest absolute Gasteiger partial charge is 0.323 e. The summed E-state index contributed by atoms with van der Waals surface area (Å²) in [6.07, 6.45) is 3.13. The first-order chi connectivity index (χ1) is 8.74. The van der Waals surface area contributed by atoms with Crippen LogP contribution in [0.4, 0.5) is 10.1 Å². The minimum atomic E-state index is -0.330. The van der Waals surface area contributed by atoms with Crippen molar-refractivity contribution in [3.63, 3.8) is 0 Å². The summed E-state index contributed by atoms with van der Waals surface area (Å²) in [5.41, 5.74) is 1.48. The Morgan fingerprint density at radius 3 is 2.44 bits per heavy atom. The lowest BCUT2D eigenvalue weighted by molar-refractivity contribution is -0.111. The van der Waals surface area contributed by atoms with Crippen molar-refractivity contribution in [3.8, 4) is 0 Å². The second-order valence-corrected chi connectivity index (χ2v) is 3.66. The number of nitrogens with one attached hydrogen (secondary N) is 1. The third-order valence-corrected chi connectivity index (χ3v) is 2.28. The zero-order chi connectivity index (χ0) is 12.8. The predicted molar refractivity (Wildman–Crippen MR) is 69.3 cm³/mol. The van der Waals surface area contributed by atoms with Gasteiger partial charge in [-0.15, -0.1) is 0 Å². The van der Waals surface area contributed by atoms with Crippen molar-refractivity contribution < 1.29 is 9.18 Å². The van der Waals surface area contributed by atoms with E-state index in [-0.39, 0.29) is 11.7 Å². The normalized spacial score (nSPS) is 10.5. The highest BCUT2D eigenvalue weighted by Gasteiger charge is 1.97. The Balaban J connectivity index is 1.97. The summed E-state index contributed by atoms with van der Waals surface area (Å²) in [4.78, 5) is 11.6. The van der Waals surface area contributed by atoms with Gasteiger partial charge >= 0.3 is 0 Å². The standard InChI is InChI=1S/C15H11FNO/c16-13-7-9-14(10-8-13)17-15(18)11-6-12-4-2-1-3-5-12/h2-11H,(H,17,18)/b11-6+. The SMILES string of the molecule is O=C(/C=C/c1cc[c]cc1)Nc1ccc(F)cc1. The molecule has 2 aromatic rings. The van der Waals surface area contributed by atoms with Crippen LogP contribution in [0, 0.1) is 11.9 Å². The molecule has 0 atom stereocenters. The molecule has 89 valence electrons. The first-order valence-corrected chi connectivity index (χ1v) is 5.45. The quantitative estimate of drug-likeness (QED) is 0.819. The lowest BCUT2D eigenvalue weighted by atomic mass is 10.2. The van der Waals surface area contributed by atoms with Crippen molar-refractivity contribution in [2.45, 2.75) is 0 Å². The number of halogens is 1. The van der Waals surface area contributed by atoms with E-state index < -0.39 is 0 Å². The molecule has 0 aliphatic rings. The smallest absolute Gasteiger partial charge is 0.248 e. The van der Waals surface area contributed by atoms with Gasteiger partial charge in [0.1, 0.15) is 5.82 Å². The van der Waals surface area contributed by atoms with Gasteiger partial charge in [-0.05, 0) is 42.0 Å². The van der Waals surface area contributed by atoms with Gasteiger partial charge in [-0.2, -0.15) is 0 Å². The maximum Gasteiger partial charge on any atom is 0.248 e. The molecule has 18 heavy (non-hydrogen) atoms. The Bertz CT molecular complexity index is 546. The van der Waals surface area contributed by atoms with E-state index in [2.05, 4.69) is 11.4 Å². The first-order valence-electron chi connectivity index (χ1n) is 5.45. The Labute approximate surface area is 105 Å². The molecule has 2 nitrogen and oxygen atoms in total. The van der Waals surface area contributed by atoms with Gasteiger partial charge in [0, 0.05) is 11.8 Å². The Morgan fingerprint density at radius 2 is 1.78 bits per heavy atom. The van der Waals surface area contributed by atoms with E-state index in [4.69, 9.17) is 0 Å². The molecule has 3 heteroatoms. The van der Waals surface area contributed by atoms with Gasteiger partial charge in [-0.3, -0.25) is 4.79 Å². The molecular weight excluding hydrogens is 229 g/mol. The number of hydrogen-bond acceptors (Lipinski definition) is 1. The Kier molecular flexibility index (Phi) is 3.86. The van der Waals surface area contributed by atoms with Crippen LogP contribution in [0.15, 0.2) is 54.6 Å². The minimum Gasteiger partial charge on any atom is -0.323 e. The van der Waals surface area contributed by atoms with Crippen molar-refractivity contribution >= 4 is 17.7 Å². The molecule has 0 fully saturated rings. The molecule has 0 aliphatic carbocycles. The van der Waals surface area contributed by atoms with Gasteiger partial charge in [-0.25, -0.2) is 4.39 Å². The van der Waals surface area contributed by atoms with Gasteiger partial charge in [-0.1, -0.05) is 24.3 Å². The summed E-state index contributed by atoms with van der Waals surface area (Å²) in [5.74, 6) is -0.585. The van der Waals surface area contributed by atoms with Crippen LogP contribution >= 0.6 is 0 Å².